The fraction of sp³-hybridized carbons (Fsp3) is 0.545. The van der Waals surface area contributed by atoms with Crippen molar-refractivity contribution in [2.24, 2.45) is 5.73 Å². The van der Waals surface area contributed by atoms with E-state index in [4.69, 9.17) is 5.73 Å². The van der Waals surface area contributed by atoms with Crippen molar-refractivity contribution in [1.82, 2.24) is 19.8 Å². The van der Waals surface area contributed by atoms with Gasteiger partial charge < -0.3 is 5.73 Å². The summed E-state index contributed by atoms with van der Waals surface area (Å²) in [5.74, 6) is 1.99. The van der Waals surface area contributed by atoms with Gasteiger partial charge in [0, 0.05) is 17.9 Å². The molecule has 2 heterocycles. The van der Waals surface area contributed by atoms with Gasteiger partial charge >= 0.3 is 0 Å². The Morgan fingerprint density at radius 2 is 2.18 bits per heavy atom. The second kappa shape index (κ2) is 3.36. The smallest absolute Gasteiger partial charge is 0.234 e. The van der Waals surface area contributed by atoms with Crippen LogP contribution in [-0.4, -0.2) is 25.9 Å². The lowest BCUT2D eigenvalue weighted by Gasteiger charge is -2.03. The molecule has 2 atom stereocenters. The van der Waals surface area contributed by atoms with Crippen LogP contribution in [0.1, 0.15) is 41.9 Å². The highest BCUT2D eigenvalue weighted by atomic mass is 32.1. The van der Waals surface area contributed by atoms with Crippen molar-refractivity contribution in [3.63, 3.8) is 0 Å². The maximum atomic E-state index is 5.88. The Hall–Kier alpha value is -1.27. The molecule has 1 saturated carbocycles. The third-order valence-corrected chi connectivity index (χ3v) is 4.44. The molecule has 6 heteroatoms. The van der Waals surface area contributed by atoms with Crippen molar-refractivity contribution < 1.29 is 0 Å². The number of aromatic nitrogens is 4. The molecule has 2 aromatic heterocycles. The molecule has 1 fully saturated rings. The number of fused-ring (bicyclic) bond motifs is 1. The van der Waals surface area contributed by atoms with Crippen LogP contribution in [0.2, 0.25) is 0 Å². The van der Waals surface area contributed by atoms with Crippen molar-refractivity contribution in [3.05, 3.63) is 23.0 Å². The average molecular weight is 247 g/mol. The zero-order chi connectivity index (χ0) is 11.4. The molecule has 0 saturated heterocycles. The van der Waals surface area contributed by atoms with Gasteiger partial charge in [0.2, 0.25) is 4.96 Å². The number of allylic oxidation sites excluding steroid dienone is 1. The first kappa shape index (κ1) is 9.73. The topological polar surface area (TPSA) is 69.1 Å². The highest BCUT2D eigenvalue weighted by molar-refractivity contribution is 7.16. The van der Waals surface area contributed by atoms with E-state index >= 15 is 0 Å². The van der Waals surface area contributed by atoms with Crippen LogP contribution in [0.5, 0.6) is 0 Å². The van der Waals surface area contributed by atoms with Crippen LogP contribution in [0.25, 0.3) is 4.96 Å². The molecule has 2 N–H and O–H groups in total. The Labute approximate surface area is 102 Å². The molecule has 5 nitrogen and oxygen atoms in total. The zero-order valence-corrected chi connectivity index (χ0v) is 10.1. The molecular formula is C11H13N5S. The van der Waals surface area contributed by atoms with Gasteiger partial charge in [0.05, 0.1) is 0 Å². The number of nitrogens with two attached hydrogens (primary N) is 1. The average Bonchev–Trinajstić information content (AvgIpc) is 2.73. The van der Waals surface area contributed by atoms with E-state index in [0.29, 0.717) is 11.8 Å². The molecule has 0 bridgehead atoms. The summed E-state index contributed by atoms with van der Waals surface area (Å²) in [4.78, 5) is 0.913. The minimum absolute atomic E-state index is 0.178. The summed E-state index contributed by atoms with van der Waals surface area (Å²) in [6, 6.07) is 0.178. The first-order valence-electron chi connectivity index (χ1n) is 5.97. The van der Waals surface area contributed by atoms with E-state index in [9.17, 15) is 0 Å². The summed E-state index contributed by atoms with van der Waals surface area (Å²) >= 11 is 1.63. The summed E-state index contributed by atoms with van der Waals surface area (Å²) in [7, 11) is 0. The van der Waals surface area contributed by atoms with Crippen LogP contribution in [-0.2, 0) is 0 Å². The van der Waals surface area contributed by atoms with E-state index in [1.54, 1.807) is 11.3 Å². The number of hydrogen-bond donors (Lipinski definition) is 1. The van der Waals surface area contributed by atoms with E-state index in [1.807, 2.05) is 4.52 Å². The molecule has 0 aliphatic heterocycles. The lowest BCUT2D eigenvalue weighted by Crippen LogP contribution is -2.14. The molecule has 88 valence electrons. The quantitative estimate of drug-likeness (QED) is 0.815. The summed E-state index contributed by atoms with van der Waals surface area (Å²) in [6.07, 6.45) is 7.63. The molecule has 0 amide bonds. The van der Waals surface area contributed by atoms with E-state index in [1.165, 1.54) is 12.8 Å². The Kier molecular flexibility index (Phi) is 1.93. The van der Waals surface area contributed by atoms with E-state index in [-0.39, 0.29) is 6.04 Å². The van der Waals surface area contributed by atoms with Crippen LogP contribution < -0.4 is 5.73 Å². The molecule has 2 aliphatic carbocycles. The van der Waals surface area contributed by atoms with Crippen molar-refractivity contribution in [3.8, 4) is 0 Å². The van der Waals surface area contributed by atoms with Crippen LogP contribution in [0.15, 0.2) is 12.2 Å². The van der Waals surface area contributed by atoms with Crippen molar-refractivity contribution in [2.45, 2.75) is 37.1 Å². The molecular weight excluding hydrogens is 234 g/mol. The Balaban J connectivity index is 1.74. The maximum absolute atomic E-state index is 5.88. The first-order chi connectivity index (χ1) is 8.31. The molecule has 2 unspecified atom stereocenters. The summed E-state index contributed by atoms with van der Waals surface area (Å²) in [5, 5.41) is 14.2. The minimum Gasteiger partial charge on any atom is -0.324 e. The Morgan fingerprint density at radius 3 is 2.88 bits per heavy atom. The van der Waals surface area contributed by atoms with E-state index < -0.39 is 0 Å². The SMILES string of the molecule is NC1C=CC(c2nn3c(C4CC4)nnc3s2)C1. The normalized spacial score (nSPS) is 28.3. The zero-order valence-electron chi connectivity index (χ0n) is 9.28. The predicted molar refractivity (Wildman–Crippen MR) is 65.1 cm³/mol. The monoisotopic (exact) mass is 247 g/mol. The van der Waals surface area contributed by atoms with Crippen molar-refractivity contribution in [2.75, 3.05) is 0 Å². The Morgan fingerprint density at radius 1 is 1.29 bits per heavy atom. The second-order valence-corrected chi connectivity index (χ2v) is 5.85. The predicted octanol–water partition coefficient (Wildman–Crippen LogP) is 1.43. The van der Waals surface area contributed by atoms with Gasteiger partial charge in [-0.2, -0.15) is 9.61 Å². The van der Waals surface area contributed by atoms with E-state index in [2.05, 4.69) is 27.4 Å². The molecule has 2 aromatic rings. The highest BCUT2D eigenvalue weighted by Gasteiger charge is 2.31. The van der Waals surface area contributed by atoms with Crippen LogP contribution in [0, 0.1) is 0 Å². The number of rotatable bonds is 2. The van der Waals surface area contributed by atoms with Crippen molar-refractivity contribution >= 4 is 16.3 Å². The fourth-order valence-corrected chi connectivity index (χ4v) is 3.24. The second-order valence-electron chi connectivity index (χ2n) is 4.86. The molecule has 0 spiro atoms. The fourth-order valence-electron chi connectivity index (χ4n) is 2.30. The summed E-state index contributed by atoms with van der Waals surface area (Å²) in [6.45, 7) is 0. The Bertz CT molecular complexity index is 594. The minimum atomic E-state index is 0.178. The maximum Gasteiger partial charge on any atom is 0.234 e. The largest absolute Gasteiger partial charge is 0.324 e. The van der Waals surface area contributed by atoms with Crippen molar-refractivity contribution in [1.29, 1.82) is 0 Å². The third kappa shape index (κ3) is 1.51. The lowest BCUT2D eigenvalue weighted by atomic mass is 10.1. The third-order valence-electron chi connectivity index (χ3n) is 3.41. The highest BCUT2D eigenvalue weighted by Crippen LogP contribution is 2.40. The van der Waals surface area contributed by atoms with Crippen LogP contribution >= 0.6 is 11.3 Å². The lowest BCUT2D eigenvalue weighted by molar-refractivity contribution is 0.689. The standard InChI is InChI=1S/C11H13N5S/c12-8-4-3-7(5-8)10-15-16-9(6-1-2-6)13-14-11(16)17-10/h3-4,6-8H,1-2,5,12H2. The molecule has 4 rings (SSSR count). The molecule has 0 aromatic carbocycles. The number of hydrogen-bond acceptors (Lipinski definition) is 5. The summed E-state index contributed by atoms with van der Waals surface area (Å²) in [5.41, 5.74) is 5.88. The van der Waals surface area contributed by atoms with Gasteiger partial charge in [-0.25, -0.2) is 0 Å². The van der Waals surface area contributed by atoms with Gasteiger partial charge in [0.25, 0.3) is 0 Å². The van der Waals surface area contributed by atoms with Gasteiger partial charge in [-0.1, -0.05) is 23.5 Å². The van der Waals surface area contributed by atoms with Gasteiger partial charge in [-0.15, -0.1) is 10.2 Å². The van der Waals surface area contributed by atoms with Gasteiger partial charge in [-0.3, -0.25) is 0 Å². The summed E-state index contributed by atoms with van der Waals surface area (Å²) < 4.78 is 1.93. The van der Waals surface area contributed by atoms with E-state index in [0.717, 1.165) is 22.2 Å². The number of nitrogens with zero attached hydrogens (tertiary/aromatic N) is 4. The van der Waals surface area contributed by atoms with Gasteiger partial charge in [0.1, 0.15) is 5.01 Å². The van der Waals surface area contributed by atoms with Crippen LogP contribution in [0.3, 0.4) is 0 Å². The first-order valence-corrected chi connectivity index (χ1v) is 6.79. The molecule has 0 radical (unpaired) electrons. The molecule has 17 heavy (non-hydrogen) atoms. The van der Waals surface area contributed by atoms with Gasteiger partial charge in [-0.05, 0) is 19.3 Å². The van der Waals surface area contributed by atoms with Crippen LogP contribution in [0.4, 0.5) is 0 Å². The molecule has 2 aliphatic rings. The van der Waals surface area contributed by atoms with Gasteiger partial charge in [0.15, 0.2) is 5.82 Å².